The van der Waals surface area contributed by atoms with E-state index in [9.17, 15) is 18.8 Å². The highest BCUT2D eigenvalue weighted by molar-refractivity contribution is 5.95. The average Bonchev–Trinajstić information content (AvgIpc) is 2.42. The number of amides is 1. The normalized spacial score (nSPS) is 20.4. The molecule has 1 aromatic heterocycles. The van der Waals surface area contributed by atoms with Crippen molar-refractivity contribution in [3.8, 4) is 0 Å². The smallest absolute Gasteiger partial charge is 0.306 e. The number of fused-ring (bicyclic) bond motifs is 1. The Morgan fingerprint density at radius 2 is 2.05 bits per heavy atom. The molecule has 1 amide bonds. The molecule has 22 heavy (non-hydrogen) atoms. The third kappa shape index (κ3) is 2.45. The predicted molar refractivity (Wildman–Crippen MR) is 76.1 cm³/mol. The van der Waals surface area contributed by atoms with Crippen LogP contribution in [0.15, 0.2) is 29.1 Å². The van der Waals surface area contributed by atoms with Crippen LogP contribution in [0.1, 0.15) is 23.3 Å². The van der Waals surface area contributed by atoms with Crippen LogP contribution < -0.4 is 10.7 Å². The standard InChI is InChI=1S/C15H13FN2O4/c16-10-3-1-2-9-12(19)6-11(18-13(9)10)14(20)17-8-4-7(5-8)15(21)22/h1-3,6-8H,4-5H2,(H,17,20)(H,18,19)(H,21,22). The van der Waals surface area contributed by atoms with Gasteiger partial charge in [-0.15, -0.1) is 0 Å². The number of carbonyl (C=O) groups excluding carboxylic acids is 1. The van der Waals surface area contributed by atoms with Crippen molar-refractivity contribution in [1.82, 2.24) is 10.3 Å². The molecule has 0 bridgehead atoms. The number of aromatic nitrogens is 1. The SMILES string of the molecule is O=C(NC1CC(C(=O)O)C1)c1cc(=O)c2cccc(F)c2[nH]1. The van der Waals surface area contributed by atoms with Crippen LogP contribution in [-0.2, 0) is 4.79 Å². The molecule has 0 aliphatic heterocycles. The highest BCUT2D eigenvalue weighted by atomic mass is 19.1. The molecule has 0 radical (unpaired) electrons. The fraction of sp³-hybridized carbons (Fsp3) is 0.267. The summed E-state index contributed by atoms with van der Waals surface area (Å²) in [6, 6.07) is 4.97. The van der Waals surface area contributed by atoms with Crippen LogP contribution in [0.5, 0.6) is 0 Å². The molecule has 6 nitrogen and oxygen atoms in total. The highest BCUT2D eigenvalue weighted by Gasteiger charge is 2.35. The molecule has 1 aliphatic rings. The molecule has 7 heteroatoms. The van der Waals surface area contributed by atoms with E-state index in [4.69, 9.17) is 5.11 Å². The van der Waals surface area contributed by atoms with E-state index in [1.54, 1.807) is 0 Å². The number of carbonyl (C=O) groups is 2. The lowest BCUT2D eigenvalue weighted by molar-refractivity contribution is -0.145. The Kier molecular flexibility index (Phi) is 3.40. The molecule has 3 rings (SSSR count). The second-order valence-electron chi connectivity index (χ2n) is 5.39. The molecule has 3 N–H and O–H groups in total. The summed E-state index contributed by atoms with van der Waals surface area (Å²) in [5.74, 6) is -2.49. The van der Waals surface area contributed by atoms with Gasteiger partial charge in [0.05, 0.1) is 11.4 Å². The van der Waals surface area contributed by atoms with E-state index in [2.05, 4.69) is 10.3 Å². The van der Waals surface area contributed by atoms with Gasteiger partial charge in [-0.1, -0.05) is 6.07 Å². The van der Waals surface area contributed by atoms with Gasteiger partial charge in [0.25, 0.3) is 5.91 Å². The first-order valence-electron chi connectivity index (χ1n) is 6.81. The van der Waals surface area contributed by atoms with Crippen molar-refractivity contribution in [1.29, 1.82) is 0 Å². The number of halogens is 1. The molecule has 0 unspecified atom stereocenters. The van der Waals surface area contributed by atoms with E-state index >= 15 is 0 Å². The molecular weight excluding hydrogens is 291 g/mol. The van der Waals surface area contributed by atoms with Gasteiger partial charge >= 0.3 is 5.97 Å². The molecule has 1 aliphatic carbocycles. The lowest BCUT2D eigenvalue weighted by Gasteiger charge is -2.32. The van der Waals surface area contributed by atoms with Gasteiger partial charge in [0.2, 0.25) is 0 Å². The van der Waals surface area contributed by atoms with Crippen molar-refractivity contribution < 1.29 is 19.1 Å². The minimum absolute atomic E-state index is 0.0165. The maximum atomic E-state index is 13.7. The van der Waals surface area contributed by atoms with Gasteiger partial charge in [0.1, 0.15) is 11.5 Å². The van der Waals surface area contributed by atoms with Crippen LogP contribution in [0.4, 0.5) is 4.39 Å². The first-order chi connectivity index (χ1) is 10.5. The lowest BCUT2D eigenvalue weighted by Crippen LogP contribution is -2.47. The summed E-state index contributed by atoms with van der Waals surface area (Å²) in [7, 11) is 0. The van der Waals surface area contributed by atoms with Gasteiger partial charge in [0, 0.05) is 17.5 Å². The predicted octanol–water partition coefficient (Wildman–Crippen LogP) is 1.26. The van der Waals surface area contributed by atoms with Crippen LogP contribution in [0.25, 0.3) is 10.9 Å². The first-order valence-corrected chi connectivity index (χ1v) is 6.81. The summed E-state index contributed by atoms with van der Waals surface area (Å²) in [6.07, 6.45) is 0.709. The number of aromatic amines is 1. The Morgan fingerprint density at radius 3 is 2.73 bits per heavy atom. The number of para-hydroxylation sites is 1. The van der Waals surface area contributed by atoms with Gasteiger partial charge < -0.3 is 15.4 Å². The van der Waals surface area contributed by atoms with Crippen molar-refractivity contribution in [2.24, 2.45) is 5.92 Å². The largest absolute Gasteiger partial charge is 0.481 e. The quantitative estimate of drug-likeness (QED) is 0.795. The van der Waals surface area contributed by atoms with Crippen molar-refractivity contribution >= 4 is 22.8 Å². The Morgan fingerprint density at radius 1 is 1.32 bits per heavy atom. The minimum atomic E-state index is -0.883. The number of pyridine rings is 1. The number of hydrogen-bond donors (Lipinski definition) is 3. The van der Waals surface area contributed by atoms with Gasteiger partial charge in [-0.25, -0.2) is 4.39 Å². The lowest BCUT2D eigenvalue weighted by atomic mass is 9.80. The number of rotatable bonds is 3. The maximum Gasteiger partial charge on any atom is 0.306 e. The monoisotopic (exact) mass is 304 g/mol. The van der Waals surface area contributed by atoms with Crippen LogP contribution in [0, 0.1) is 11.7 Å². The Hall–Kier alpha value is -2.70. The molecule has 1 fully saturated rings. The van der Waals surface area contributed by atoms with E-state index in [0.29, 0.717) is 12.8 Å². The zero-order valence-corrected chi connectivity index (χ0v) is 11.4. The van der Waals surface area contributed by atoms with Crippen molar-refractivity contribution in [2.45, 2.75) is 18.9 Å². The second kappa shape index (κ2) is 5.25. The Bertz CT molecular complexity index is 824. The summed E-state index contributed by atoms with van der Waals surface area (Å²) in [4.78, 5) is 37.3. The molecule has 2 aromatic rings. The fourth-order valence-electron chi connectivity index (χ4n) is 2.56. The maximum absolute atomic E-state index is 13.7. The highest BCUT2D eigenvalue weighted by Crippen LogP contribution is 2.27. The number of benzene rings is 1. The van der Waals surface area contributed by atoms with Crippen molar-refractivity contribution in [3.05, 3.63) is 46.0 Å². The average molecular weight is 304 g/mol. The molecule has 1 heterocycles. The van der Waals surface area contributed by atoms with Gasteiger partial charge in [-0.05, 0) is 25.0 Å². The first kappa shape index (κ1) is 14.2. The summed E-state index contributed by atoms with van der Waals surface area (Å²) < 4.78 is 13.7. The van der Waals surface area contributed by atoms with Crippen LogP contribution in [-0.4, -0.2) is 28.0 Å². The topological polar surface area (TPSA) is 99.3 Å². The number of carboxylic acids is 1. The Balaban J connectivity index is 1.82. The van der Waals surface area contributed by atoms with Gasteiger partial charge in [-0.2, -0.15) is 0 Å². The fourth-order valence-corrected chi connectivity index (χ4v) is 2.56. The number of hydrogen-bond acceptors (Lipinski definition) is 3. The third-order valence-electron chi connectivity index (χ3n) is 3.88. The third-order valence-corrected chi connectivity index (χ3v) is 3.88. The van der Waals surface area contributed by atoms with E-state index < -0.39 is 29.0 Å². The summed E-state index contributed by atoms with van der Waals surface area (Å²) in [6.45, 7) is 0. The number of H-pyrrole nitrogens is 1. The van der Waals surface area contributed by atoms with E-state index in [1.165, 1.54) is 18.2 Å². The van der Waals surface area contributed by atoms with Crippen LogP contribution >= 0.6 is 0 Å². The molecule has 0 spiro atoms. The molecule has 0 saturated heterocycles. The van der Waals surface area contributed by atoms with E-state index in [1.807, 2.05) is 0 Å². The van der Waals surface area contributed by atoms with Gasteiger partial charge in [0.15, 0.2) is 5.43 Å². The van der Waals surface area contributed by atoms with Crippen LogP contribution in [0.3, 0.4) is 0 Å². The number of aliphatic carboxylic acids is 1. The molecule has 1 aromatic carbocycles. The van der Waals surface area contributed by atoms with E-state index in [0.717, 1.165) is 6.07 Å². The zero-order chi connectivity index (χ0) is 15.9. The molecular formula is C15H13FN2O4. The molecule has 114 valence electrons. The summed E-state index contributed by atoms with van der Waals surface area (Å²) >= 11 is 0. The number of carboxylic acid groups (broad SMARTS) is 1. The van der Waals surface area contributed by atoms with Crippen LogP contribution in [0.2, 0.25) is 0 Å². The number of nitrogens with one attached hydrogen (secondary N) is 2. The Labute approximate surface area is 124 Å². The van der Waals surface area contributed by atoms with Gasteiger partial charge in [-0.3, -0.25) is 14.4 Å². The van der Waals surface area contributed by atoms with E-state index in [-0.39, 0.29) is 22.6 Å². The zero-order valence-electron chi connectivity index (χ0n) is 11.4. The summed E-state index contributed by atoms with van der Waals surface area (Å²) in [5, 5.41) is 11.6. The molecule has 1 saturated carbocycles. The molecule has 0 atom stereocenters. The minimum Gasteiger partial charge on any atom is -0.481 e. The van der Waals surface area contributed by atoms with Crippen molar-refractivity contribution in [2.75, 3.05) is 0 Å². The second-order valence-corrected chi connectivity index (χ2v) is 5.39. The summed E-state index contributed by atoms with van der Waals surface area (Å²) in [5.41, 5.74) is -0.506. The van der Waals surface area contributed by atoms with Crippen molar-refractivity contribution in [3.63, 3.8) is 0 Å².